The maximum absolute atomic E-state index is 11.2. The monoisotopic (exact) mass is 232 g/mol. The molecule has 0 spiro atoms. The zero-order valence-electron chi connectivity index (χ0n) is 10.3. The number of nitrogens with zero attached hydrogens (tertiary/aromatic N) is 1. The van der Waals surface area contributed by atoms with Crippen molar-refractivity contribution in [2.24, 2.45) is 0 Å². The Morgan fingerprint density at radius 2 is 2.12 bits per heavy atom. The number of hydrogen-bond donors (Lipinski definition) is 1. The molecule has 0 saturated heterocycles. The van der Waals surface area contributed by atoms with Crippen molar-refractivity contribution in [1.82, 2.24) is 9.88 Å². The lowest BCUT2D eigenvalue weighted by Crippen LogP contribution is -2.18. The fourth-order valence-electron chi connectivity index (χ4n) is 1.59. The Hall–Kier alpha value is -1.81. The minimum absolute atomic E-state index is 0.0389. The van der Waals surface area contributed by atoms with Crippen LogP contribution in [-0.2, 0) is 0 Å². The van der Waals surface area contributed by atoms with Gasteiger partial charge in [-0.05, 0) is 38.4 Å². The van der Waals surface area contributed by atoms with Crippen molar-refractivity contribution in [3.8, 4) is 5.75 Å². The van der Waals surface area contributed by atoms with Crippen LogP contribution in [0.3, 0.4) is 0 Å². The predicted octanol–water partition coefficient (Wildman–Crippen LogP) is 2.27. The Kier molecular flexibility index (Phi) is 3.15. The van der Waals surface area contributed by atoms with Gasteiger partial charge in [0, 0.05) is 17.8 Å². The molecule has 4 heteroatoms. The second kappa shape index (κ2) is 4.59. The fourth-order valence-corrected chi connectivity index (χ4v) is 1.59. The second-order valence-electron chi connectivity index (χ2n) is 4.34. The lowest BCUT2D eigenvalue weighted by molar-refractivity contribution is 0.101. The van der Waals surface area contributed by atoms with E-state index in [1.165, 1.54) is 0 Å². The third-order valence-electron chi connectivity index (χ3n) is 2.46. The van der Waals surface area contributed by atoms with E-state index in [-0.39, 0.29) is 5.78 Å². The van der Waals surface area contributed by atoms with E-state index in [9.17, 15) is 4.79 Å². The quantitative estimate of drug-likeness (QED) is 0.649. The molecular formula is C13H16N2O2. The third kappa shape index (κ3) is 2.65. The van der Waals surface area contributed by atoms with Gasteiger partial charge in [0.15, 0.2) is 5.78 Å². The first kappa shape index (κ1) is 11.7. The predicted molar refractivity (Wildman–Crippen MR) is 67.5 cm³/mol. The molecule has 0 unspecified atom stereocenters. The minimum Gasteiger partial charge on any atom is -0.478 e. The molecule has 0 fully saturated rings. The SMILES string of the molecule is CC(=O)c1cc2cc(OCN(C)C)ccc2[nH]1. The van der Waals surface area contributed by atoms with Crippen LogP contribution < -0.4 is 4.74 Å². The van der Waals surface area contributed by atoms with Crippen LogP contribution in [0, 0.1) is 0 Å². The summed E-state index contributed by atoms with van der Waals surface area (Å²) in [6.45, 7) is 2.09. The average Bonchev–Trinajstić information content (AvgIpc) is 2.69. The van der Waals surface area contributed by atoms with Gasteiger partial charge in [-0.15, -0.1) is 0 Å². The molecule has 0 aliphatic carbocycles. The van der Waals surface area contributed by atoms with E-state index in [0.717, 1.165) is 16.7 Å². The summed E-state index contributed by atoms with van der Waals surface area (Å²) in [5, 5.41) is 0.992. The van der Waals surface area contributed by atoms with Gasteiger partial charge in [0.25, 0.3) is 0 Å². The van der Waals surface area contributed by atoms with Crippen molar-refractivity contribution in [1.29, 1.82) is 0 Å². The summed E-state index contributed by atoms with van der Waals surface area (Å²) in [6.07, 6.45) is 0. The van der Waals surface area contributed by atoms with E-state index in [2.05, 4.69) is 4.98 Å². The van der Waals surface area contributed by atoms with Gasteiger partial charge in [-0.2, -0.15) is 0 Å². The number of nitrogens with one attached hydrogen (secondary N) is 1. The molecule has 0 saturated carbocycles. The van der Waals surface area contributed by atoms with Crippen molar-refractivity contribution in [3.05, 3.63) is 30.0 Å². The normalized spacial score (nSPS) is 11.1. The summed E-state index contributed by atoms with van der Waals surface area (Å²) in [6, 6.07) is 7.60. The van der Waals surface area contributed by atoms with Gasteiger partial charge >= 0.3 is 0 Å². The zero-order valence-corrected chi connectivity index (χ0v) is 10.3. The van der Waals surface area contributed by atoms with Crippen LogP contribution in [0.5, 0.6) is 5.75 Å². The molecule has 4 nitrogen and oxygen atoms in total. The highest BCUT2D eigenvalue weighted by atomic mass is 16.5. The number of aromatic amines is 1. The molecule has 0 bridgehead atoms. The maximum Gasteiger partial charge on any atom is 0.175 e. The highest BCUT2D eigenvalue weighted by Crippen LogP contribution is 2.21. The van der Waals surface area contributed by atoms with Crippen LogP contribution >= 0.6 is 0 Å². The van der Waals surface area contributed by atoms with Crippen LogP contribution in [0.1, 0.15) is 17.4 Å². The van der Waals surface area contributed by atoms with Crippen molar-refractivity contribution in [3.63, 3.8) is 0 Å². The summed E-state index contributed by atoms with van der Waals surface area (Å²) in [5.41, 5.74) is 1.58. The molecule has 1 N–H and O–H groups in total. The number of fused-ring (bicyclic) bond motifs is 1. The first-order valence-corrected chi connectivity index (χ1v) is 5.47. The van der Waals surface area contributed by atoms with Crippen LogP contribution in [0.2, 0.25) is 0 Å². The number of carbonyl (C=O) groups excluding carboxylic acids is 1. The van der Waals surface area contributed by atoms with E-state index in [4.69, 9.17) is 4.74 Å². The van der Waals surface area contributed by atoms with E-state index >= 15 is 0 Å². The molecule has 0 aliphatic heterocycles. The highest BCUT2D eigenvalue weighted by Gasteiger charge is 2.05. The van der Waals surface area contributed by atoms with Crippen LogP contribution in [0.4, 0.5) is 0 Å². The van der Waals surface area contributed by atoms with Crippen molar-refractivity contribution >= 4 is 16.7 Å². The summed E-state index contributed by atoms with van der Waals surface area (Å²) in [5.74, 6) is 0.845. The molecule has 0 radical (unpaired) electrons. The minimum atomic E-state index is 0.0389. The molecule has 0 amide bonds. The summed E-state index contributed by atoms with van der Waals surface area (Å²) < 4.78 is 5.57. The standard InChI is InChI=1S/C13H16N2O2/c1-9(16)13-7-10-6-11(17-8-15(2)3)4-5-12(10)14-13/h4-7,14H,8H2,1-3H3. The molecule has 0 aliphatic rings. The molecular weight excluding hydrogens is 216 g/mol. The molecule has 90 valence electrons. The van der Waals surface area contributed by atoms with Gasteiger partial charge < -0.3 is 9.72 Å². The lowest BCUT2D eigenvalue weighted by Gasteiger charge is -2.11. The largest absolute Gasteiger partial charge is 0.478 e. The lowest BCUT2D eigenvalue weighted by atomic mass is 10.2. The molecule has 1 aromatic heterocycles. The summed E-state index contributed by atoms with van der Waals surface area (Å²) in [7, 11) is 3.89. The number of rotatable bonds is 4. The smallest absolute Gasteiger partial charge is 0.175 e. The molecule has 0 atom stereocenters. The Balaban J connectivity index is 2.27. The number of ether oxygens (including phenoxy) is 1. The molecule has 1 heterocycles. The first-order valence-electron chi connectivity index (χ1n) is 5.47. The number of aromatic nitrogens is 1. The Morgan fingerprint density at radius 1 is 1.35 bits per heavy atom. The Morgan fingerprint density at radius 3 is 2.76 bits per heavy atom. The molecule has 2 rings (SSSR count). The van der Waals surface area contributed by atoms with Crippen molar-refractivity contribution in [2.45, 2.75) is 6.92 Å². The number of ketones is 1. The third-order valence-corrected chi connectivity index (χ3v) is 2.46. The zero-order chi connectivity index (χ0) is 12.4. The first-order chi connectivity index (χ1) is 8.06. The van der Waals surface area contributed by atoms with E-state index in [0.29, 0.717) is 12.4 Å². The van der Waals surface area contributed by atoms with Crippen LogP contribution in [-0.4, -0.2) is 36.5 Å². The maximum atomic E-state index is 11.2. The van der Waals surface area contributed by atoms with Gasteiger partial charge in [-0.3, -0.25) is 9.69 Å². The Labute approximate surface area is 100 Å². The van der Waals surface area contributed by atoms with Crippen molar-refractivity contribution in [2.75, 3.05) is 20.8 Å². The number of Topliss-reactive ketones (excluding diaryl/α,β-unsaturated/α-hetero) is 1. The van der Waals surface area contributed by atoms with Crippen molar-refractivity contribution < 1.29 is 9.53 Å². The highest BCUT2D eigenvalue weighted by molar-refractivity contribution is 5.98. The van der Waals surface area contributed by atoms with E-state index in [1.54, 1.807) is 6.92 Å². The summed E-state index contributed by atoms with van der Waals surface area (Å²) in [4.78, 5) is 16.3. The van der Waals surface area contributed by atoms with E-state index < -0.39 is 0 Å². The summed E-state index contributed by atoms with van der Waals surface area (Å²) >= 11 is 0. The van der Waals surface area contributed by atoms with Gasteiger partial charge in [0.05, 0.1) is 5.69 Å². The number of H-pyrrole nitrogens is 1. The molecule has 17 heavy (non-hydrogen) atoms. The number of carbonyl (C=O) groups is 1. The van der Waals surface area contributed by atoms with Gasteiger partial charge in [-0.25, -0.2) is 0 Å². The van der Waals surface area contributed by atoms with E-state index in [1.807, 2.05) is 43.3 Å². The van der Waals surface area contributed by atoms with Gasteiger partial charge in [0.2, 0.25) is 0 Å². The van der Waals surface area contributed by atoms with Gasteiger partial charge in [0.1, 0.15) is 12.5 Å². The van der Waals surface area contributed by atoms with Crippen LogP contribution in [0.15, 0.2) is 24.3 Å². The second-order valence-corrected chi connectivity index (χ2v) is 4.34. The fraction of sp³-hybridized carbons (Fsp3) is 0.308. The van der Waals surface area contributed by atoms with Crippen LogP contribution in [0.25, 0.3) is 10.9 Å². The average molecular weight is 232 g/mol. The van der Waals surface area contributed by atoms with Gasteiger partial charge in [-0.1, -0.05) is 0 Å². The Bertz CT molecular complexity index is 543. The number of benzene rings is 1. The topological polar surface area (TPSA) is 45.3 Å². The number of hydrogen-bond acceptors (Lipinski definition) is 3. The molecule has 2 aromatic rings. The molecule has 1 aromatic carbocycles.